The summed E-state index contributed by atoms with van der Waals surface area (Å²) in [6.07, 6.45) is 1.55. The molecule has 0 aliphatic heterocycles. The number of aromatic nitrogens is 3. The van der Waals surface area contributed by atoms with Crippen LogP contribution >= 0.6 is 11.6 Å². The van der Waals surface area contributed by atoms with Crippen LogP contribution in [0.15, 0.2) is 54.7 Å². The van der Waals surface area contributed by atoms with E-state index in [1.807, 2.05) is 44.2 Å². The highest BCUT2D eigenvalue weighted by Crippen LogP contribution is 2.35. The molecule has 158 valence electrons. The number of carbonyl (C=O) groups excluding carboxylic acids is 1. The third kappa shape index (κ3) is 4.07. The molecular weight excluding hydrogens is 422 g/mol. The Balaban J connectivity index is 2.04. The van der Waals surface area contributed by atoms with Crippen molar-refractivity contribution in [3.63, 3.8) is 0 Å². The molecule has 0 aliphatic rings. The number of hydrogen-bond donors (Lipinski definition) is 3. The van der Waals surface area contributed by atoms with Gasteiger partial charge in [-0.25, -0.2) is 9.97 Å². The highest BCUT2D eigenvalue weighted by atomic mass is 35.5. The second kappa shape index (κ2) is 8.58. The van der Waals surface area contributed by atoms with Crippen LogP contribution in [0.4, 0.5) is 5.95 Å². The predicted octanol–water partition coefficient (Wildman–Crippen LogP) is 4.49. The molecule has 2 aromatic carbocycles. The number of halogens is 1. The molecule has 0 atom stereocenters. The van der Waals surface area contributed by atoms with Crippen molar-refractivity contribution in [3.05, 3.63) is 87.6 Å². The standard InChI is InChI=1S/C25H20ClN5O/c1-14-5-3-4-6-16(14)8-10-18-21(24(27)32)23(19-13-17(26)9-7-15(19)2)31-22(18)20-11-12-29-25(28)30-20/h3-7,9,11-13,31H,1-2H3,(H2,27,32)(H2,28,29,30). The van der Waals surface area contributed by atoms with Crippen LogP contribution in [-0.4, -0.2) is 20.9 Å². The molecule has 0 fully saturated rings. The van der Waals surface area contributed by atoms with Crippen LogP contribution in [0.25, 0.3) is 22.6 Å². The van der Waals surface area contributed by atoms with Gasteiger partial charge in [-0.1, -0.05) is 47.7 Å². The van der Waals surface area contributed by atoms with Crippen molar-refractivity contribution in [2.24, 2.45) is 5.73 Å². The molecule has 32 heavy (non-hydrogen) atoms. The maximum atomic E-state index is 12.6. The van der Waals surface area contributed by atoms with Crippen molar-refractivity contribution in [3.8, 4) is 34.5 Å². The van der Waals surface area contributed by atoms with Crippen molar-refractivity contribution in [2.75, 3.05) is 5.73 Å². The molecule has 0 spiro atoms. The lowest BCUT2D eigenvalue weighted by Crippen LogP contribution is -2.13. The fourth-order valence-electron chi connectivity index (χ4n) is 3.49. The average molecular weight is 442 g/mol. The number of nitrogen functional groups attached to an aromatic ring is 1. The molecule has 0 radical (unpaired) electrons. The molecule has 1 amide bonds. The normalized spacial score (nSPS) is 10.5. The molecule has 6 nitrogen and oxygen atoms in total. The topological polar surface area (TPSA) is 111 Å². The van der Waals surface area contributed by atoms with Gasteiger partial charge in [-0.2, -0.15) is 0 Å². The first kappa shape index (κ1) is 21.2. The minimum absolute atomic E-state index is 0.107. The zero-order valence-corrected chi connectivity index (χ0v) is 18.3. The van der Waals surface area contributed by atoms with Gasteiger partial charge in [0.05, 0.1) is 28.2 Å². The maximum Gasteiger partial charge on any atom is 0.252 e. The van der Waals surface area contributed by atoms with Gasteiger partial charge in [0, 0.05) is 22.3 Å². The quantitative estimate of drug-likeness (QED) is 0.407. The summed E-state index contributed by atoms with van der Waals surface area (Å²) in [5.74, 6) is 5.80. The molecule has 0 saturated carbocycles. The Morgan fingerprint density at radius 1 is 1.03 bits per heavy atom. The Kier molecular flexibility index (Phi) is 5.67. The van der Waals surface area contributed by atoms with E-state index in [2.05, 4.69) is 26.8 Å². The summed E-state index contributed by atoms with van der Waals surface area (Å²) in [4.78, 5) is 24.2. The zero-order chi connectivity index (χ0) is 22.8. The van der Waals surface area contributed by atoms with E-state index in [0.29, 0.717) is 27.7 Å². The number of nitrogens with one attached hydrogen (secondary N) is 1. The van der Waals surface area contributed by atoms with Crippen LogP contribution in [-0.2, 0) is 0 Å². The summed E-state index contributed by atoms with van der Waals surface area (Å²) in [5, 5.41) is 0.538. The number of primary amides is 1. The van der Waals surface area contributed by atoms with E-state index in [1.165, 1.54) is 0 Å². The molecule has 2 heterocycles. The number of carbonyl (C=O) groups is 1. The molecule has 5 N–H and O–H groups in total. The van der Waals surface area contributed by atoms with Crippen LogP contribution in [0.5, 0.6) is 0 Å². The number of anilines is 1. The third-order valence-corrected chi connectivity index (χ3v) is 5.35. The number of aromatic amines is 1. The van der Waals surface area contributed by atoms with Gasteiger partial charge in [0.2, 0.25) is 5.95 Å². The van der Waals surface area contributed by atoms with E-state index in [0.717, 1.165) is 22.3 Å². The number of nitrogens with two attached hydrogens (primary N) is 2. The van der Waals surface area contributed by atoms with Crippen molar-refractivity contribution in [1.29, 1.82) is 0 Å². The summed E-state index contributed by atoms with van der Waals surface area (Å²) in [6.45, 7) is 3.90. The Labute approximate surface area is 190 Å². The van der Waals surface area contributed by atoms with Crippen LogP contribution in [0.2, 0.25) is 5.02 Å². The van der Waals surface area contributed by atoms with Gasteiger partial charge in [0.1, 0.15) is 0 Å². The SMILES string of the molecule is Cc1ccccc1C#Cc1c(-c2ccnc(N)n2)[nH]c(-c2cc(Cl)ccc2C)c1C(N)=O. The summed E-state index contributed by atoms with van der Waals surface area (Å²) >= 11 is 6.25. The Hall–Kier alpha value is -4.08. The fourth-order valence-corrected chi connectivity index (χ4v) is 3.66. The van der Waals surface area contributed by atoms with Crippen molar-refractivity contribution < 1.29 is 4.79 Å². The zero-order valence-electron chi connectivity index (χ0n) is 17.5. The number of hydrogen-bond acceptors (Lipinski definition) is 4. The van der Waals surface area contributed by atoms with Crippen LogP contribution in [0, 0.1) is 25.7 Å². The number of H-pyrrole nitrogens is 1. The fraction of sp³-hybridized carbons (Fsp3) is 0.0800. The molecule has 0 bridgehead atoms. The molecular formula is C25H20ClN5O. The Bertz CT molecular complexity index is 1410. The number of rotatable bonds is 3. The summed E-state index contributed by atoms with van der Waals surface area (Å²) in [5.41, 5.74) is 17.5. The van der Waals surface area contributed by atoms with Gasteiger partial charge >= 0.3 is 0 Å². The average Bonchev–Trinajstić information content (AvgIpc) is 3.14. The Morgan fingerprint density at radius 3 is 2.53 bits per heavy atom. The van der Waals surface area contributed by atoms with Gasteiger partial charge in [-0.3, -0.25) is 4.79 Å². The molecule has 4 aromatic rings. The smallest absolute Gasteiger partial charge is 0.252 e. The van der Waals surface area contributed by atoms with Crippen molar-refractivity contribution >= 4 is 23.5 Å². The van der Waals surface area contributed by atoms with Crippen molar-refractivity contribution in [1.82, 2.24) is 15.0 Å². The van der Waals surface area contributed by atoms with Gasteiger partial charge in [-0.15, -0.1) is 0 Å². The molecule has 0 saturated heterocycles. The van der Waals surface area contributed by atoms with E-state index in [1.54, 1.807) is 24.4 Å². The van der Waals surface area contributed by atoms with Crippen molar-refractivity contribution in [2.45, 2.75) is 13.8 Å². The van der Waals surface area contributed by atoms with E-state index in [9.17, 15) is 4.79 Å². The first-order valence-electron chi connectivity index (χ1n) is 9.84. The Morgan fingerprint density at radius 2 is 1.81 bits per heavy atom. The lowest BCUT2D eigenvalue weighted by Gasteiger charge is -2.06. The second-order valence-corrected chi connectivity index (χ2v) is 7.75. The summed E-state index contributed by atoms with van der Waals surface area (Å²) in [6, 6.07) is 14.9. The third-order valence-electron chi connectivity index (χ3n) is 5.11. The van der Waals surface area contributed by atoms with E-state index in [-0.39, 0.29) is 11.5 Å². The number of nitrogens with zero attached hydrogens (tertiary/aromatic N) is 2. The number of benzene rings is 2. The maximum absolute atomic E-state index is 12.6. The highest BCUT2D eigenvalue weighted by molar-refractivity contribution is 6.31. The van der Waals surface area contributed by atoms with Gasteiger partial charge < -0.3 is 16.5 Å². The monoisotopic (exact) mass is 441 g/mol. The van der Waals surface area contributed by atoms with Gasteiger partial charge in [-0.05, 0) is 49.2 Å². The summed E-state index contributed by atoms with van der Waals surface area (Å²) < 4.78 is 0. The van der Waals surface area contributed by atoms with E-state index >= 15 is 0 Å². The van der Waals surface area contributed by atoms with Crippen LogP contribution in [0.1, 0.15) is 32.6 Å². The second-order valence-electron chi connectivity index (χ2n) is 7.31. The van der Waals surface area contributed by atoms with Gasteiger partial charge in [0.25, 0.3) is 5.91 Å². The first-order valence-corrected chi connectivity index (χ1v) is 10.2. The van der Waals surface area contributed by atoms with Crippen LogP contribution < -0.4 is 11.5 Å². The van der Waals surface area contributed by atoms with Crippen LogP contribution in [0.3, 0.4) is 0 Å². The van der Waals surface area contributed by atoms with E-state index in [4.69, 9.17) is 23.1 Å². The highest BCUT2D eigenvalue weighted by Gasteiger charge is 2.24. The van der Waals surface area contributed by atoms with Gasteiger partial charge in [0.15, 0.2) is 0 Å². The minimum atomic E-state index is -0.613. The minimum Gasteiger partial charge on any atom is -0.368 e. The molecule has 2 aromatic heterocycles. The lowest BCUT2D eigenvalue weighted by atomic mass is 9.99. The number of aryl methyl sites for hydroxylation is 2. The lowest BCUT2D eigenvalue weighted by molar-refractivity contribution is 0.100. The molecule has 0 unspecified atom stereocenters. The largest absolute Gasteiger partial charge is 0.368 e. The predicted molar refractivity (Wildman–Crippen MR) is 127 cm³/mol. The molecule has 4 rings (SSSR count). The molecule has 7 heteroatoms. The summed E-state index contributed by atoms with van der Waals surface area (Å²) in [7, 11) is 0. The van der Waals surface area contributed by atoms with E-state index < -0.39 is 5.91 Å². The first-order chi connectivity index (χ1) is 15.3. The number of amides is 1. The molecule has 0 aliphatic carbocycles.